The second-order valence-electron chi connectivity index (χ2n) is 3.27. The number of hydrogen-bond donors (Lipinski definition) is 1. The van der Waals surface area contributed by atoms with Crippen LogP contribution in [0, 0.1) is 0 Å². The Morgan fingerprint density at radius 1 is 1.69 bits per heavy atom. The maximum Gasteiger partial charge on any atom is 0.104 e. The Kier molecular flexibility index (Phi) is 2.33. The maximum atomic E-state index is 9.54. The van der Waals surface area contributed by atoms with E-state index in [1.807, 2.05) is 19.2 Å². The van der Waals surface area contributed by atoms with Crippen molar-refractivity contribution >= 4 is 0 Å². The normalized spacial score (nSPS) is 32.9. The number of hydrogen-bond acceptors (Lipinski definition) is 3. The smallest absolute Gasteiger partial charge is 0.104 e. The number of rotatable bonds is 3. The van der Waals surface area contributed by atoms with Crippen molar-refractivity contribution in [2.45, 2.75) is 31.6 Å². The molecule has 4 nitrogen and oxygen atoms in total. The van der Waals surface area contributed by atoms with Crippen LogP contribution in [-0.2, 0) is 4.74 Å². The standard InChI is InChI=1S/C9H14N2O2/c1-2-13-8-6-7(12)9(8)11-5-3-4-10-11/h3-5,7-9,12H,2,6H2,1H3. The molecule has 0 bridgehead atoms. The average molecular weight is 182 g/mol. The van der Waals surface area contributed by atoms with E-state index in [0.717, 1.165) is 6.42 Å². The van der Waals surface area contributed by atoms with E-state index in [2.05, 4.69) is 5.10 Å². The molecule has 2 rings (SSSR count). The second kappa shape index (κ2) is 3.47. The van der Waals surface area contributed by atoms with Gasteiger partial charge in [0.05, 0.1) is 12.2 Å². The molecule has 72 valence electrons. The molecular formula is C9H14N2O2. The molecule has 0 aliphatic heterocycles. The minimum atomic E-state index is -0.309. The molecule has 0 saturated heterocycles. The largest absolute Gasteiger partial charge is 0.391 e. The van der Waals surface area contributed by atoms with Gasteiger partial charge in [0.2, 0.25) is 0 Å². The van der Waals surface area contributed by atoms with Gasteiger partial charge in [-0.3, -0.25) is 4.68 Å². The third kappa shape index (κ3) is 1.47. The van der Waals surface area contributed by atoms with Crippen LogP contribution in [0.2, 0.25) is 0 Å². The predicted octanol–water partition coefficient (Wildman–Crippen LogP) is 0.594. The third-order valence-corrected chi connectivity index (χ3v) is 2.46. The average Bonchev–Trinajstić information content (AvgIpc) is 2.56. The summed E-state index contributed by atoms with van der Waals surface area (Å²) >= 11 is 0. The fourth-order valence-electron chi connectivity index (χ4n) is 1.75. The SMILES string of the molecule is CCOC1CC(O)C1n1cccn1. The summed E-state index contributed by atoms with van der Waals surface area (Å²) in [6.07, 6.45) is 4.11. The van der Waals surface area contributed by atoms with Crippen molar-refractivity contribution in [3.63, 3.8) is 0 Å². The fourth-order valence-corrected chi connectivity index (χ4v) is 1.75. The lowest BCUT2D eigenvalue weighted by Gasteiger charge is -2.40. The summed E-state index contributed by atoms with van der Waals surface area (Å²) in [6, 6.07) is 1.86. The first-order valence-electron chi connectivity index (χ1n) is 4.61. The Balaban J connectivity index is 2.04. The van der Waals surface area contributed by atoms with Crippen LogP contribution in [0.5, 0.6) is 0 Å². The van der Waals surface area contributed by atoms with Gasteiger partial charge >= 0.3 is 0 Å². The molecular weight excluding hydrogens is 168 g/mol. The predicted molar refractivity (Wildman–Crippen MR) is 47.3 cm³/mol. The fraction of sp³-hybridized carbons (Fsp3) is 0.667. The van der Waals surface area contributed by atoms with Gasteiger partial charge in [0.1, 0.15) is 6.04 Å². The van der Waals surface area contributed by atoms with Crippen LogP contribution in [0.4, 0.5) is 0 Å². The molecule has 1 heterocycles. The molecule has 4 heteroatoms. The highest BCUT2D eigenvalue weighted by Gasteiger charge is 2.42. The topological polar surface area (TPSA) is 47.3 Å². The lowest BCUT2D eigenvalue weighted by atomic mass is 9.85. The van der Waals surface area contributed by atoms with Crippen molar-refractivity contribution in [1.82, 2.24) is 9.78 Å². The van der Waals surface area contributed by atoms with Gasteiger partial charge < -0.3 is 9.84 Å². The van der Waals surface area contributed by atoms with E-state index < -0.39 is 0 Å². The van der Waals surface area contributed by atoms with Crippen LogP contribution < -0.4 is 0 Å². The van der Waals surface area contributed by atoms with E-state index >= 15 is 0 Å². The van der Waals surface area contributed by atoms with Crippen molar-refractivity contribution in [3.05, 3.63) is 18.5 Å². The van der Waals surface area contributed by atoms with Gasteiger partial charge in [-0.1, -0.05) is 0 Å². The van der Waals surface area contributed by atoms with E-state index in [4.69, 9.17) is 4.74 Å². The van der Waals surface area contributed by atoms with Crippen molar-refractivity contribution in [2.75, 3.05) is 6.61 Å². The highest BCUT2D eigenvalue weighted by molar-refractivity contribution is 4.96. The van der Waals surface area contributed by atoms with Crippen molar-refractivity contribution in [3.8, 4) is 0 Å². The molecule has 1 N–H and O–H groups in total. The number of aromatic nitrogens is 2. The molecule has 0 aromatic carbocycles. The molecule has 13 heavy (non-hydrogen) atoms. The highest BCUT2D eigenvalue weighted by atomic mass is 16.5. The molecule has 0 spiro atoms. The van der Waals surface area contributed by atoms with E-state index in [1.165, 1.54) is 0 Å². The molecule has 1 aliphatic carbocycles. The summed E-state index contributed by atoms with van der Waals surface area (Å²) in [5.74, 6) is 0. The van der Waals surface area contributed by atoms with Crippen LogP contribution in [0.3, 0.4) is 0 Å². The summed E-state index contributed by atoms with van der Waals surface area (Å²) in [5, 5.41) is 13.6. The lowest BCUT2D eigenvalue weighted by Crippen LogP contribution is -2.48. The van der Waals surface area contributed by atoms with Gasteiger partial charge in [0.15, 0.2) is 0 Å². The van der Waals surface area contributed by atoms with Crippen molar-refractivity contribution < 1.29 is 9.84 Å². The molecule has 1 saturated carbocycles. The summed E-state index contributed by atoms with van der Waals surface area (Å²) < 4.78 is 7.24. The number of aliphatic hydroxyl groups excluding tert-OH is 1. The molecule has 3 unspecified atom stereocenters. The van der Waals surface area contributed by atoms with E-state index in [9.17, 15) is 5.11 Å². The summed E-state index contributed by atoms with van der Waals surface area (Å²) in [5.41, 5.74) is 0. The molecule has 0 amide bonds. The molecule has 1 fully saturated rings. The lowest BCUT2D eigenvalue weighted by molar-refractivity contribution is -0.118. The van der Waals surface area contributed by atoms with Gasteiger partial charge in [-0.2, -0.15) is 5.10 Å². The first-order chi connectivity index (χ1) is 6.33. The van der Waals surface area contributed by atoms with Crippen LogP contribution in [0.25, 0.3) is 0 Å². The minimum absolute atomic E-state index is 0.00921. The summed E-state index contributed by atoms with van der Waals surface area (Å²) in [6.45, 7) is 2.65. The highest BCUT2D eigenvalue weighted by Crippen LogP contribution is 2.34. The summed E-state index contributed by atoms with van der Waals surface area (Å²) in [4.78, 5) is 0. The zero-order chi connectivity index (χ0) is 9.26. The number of aliphatic hydroxyl groups is 1. The van der Waals surface area contributed by atoms with Gasteiger partial charge in [0.25, 0.3) is 0 Å². The molecule has 0 radical (unpaired) electrons. The Morgan fingerprint density at radius 3 is 3.08 bits per heavy atom. The van der Waals surface area contributed by atoms with Gasteiger partial charge in [0, 0.05) is 25.4 Å². The van der Waals surface area contributed by atoms with E-state index in [0.29, 0.717) is 6.61 Å². The third-order valence-electron chi connectivity index (χ3n) is 2.46. The van der Waals surface area contributed by atoms with Crippen LogP contribution in [0.15, 0.2) is 18.5 Å². The summed E-state index contributed by atoms with van der Waals surface area (Å²) in [7, 11) is 0. The van der Waals surface area contributed by atoms with E-state index in [-0.39, 0.29) is 18.2 Å². The first kappa shape index (κ1) is 8.72. The zero-order valence-electron chi connectivity index (χ0n) is 7.63. The number of nitrogens with zero attached hydrogens (tertiary/aromatic N) is 2. The van der Waals surface area contributed by atoms with Crippen LogP contribution in [-0.4, -0.2) is 33.7 Å². The van der Waals surface area contributed by atoms with Crippen LogP contribution in [0.1, 0.15) is 19.4 Å². The quantitative estimate of drug-likeness (QED) is 0.744. The molecule has 3 atom stereocenters. The first-order valence-corrected chi connectivity index (χ1v) is 4.61. The Morgan fingerprint density at radius 2 is 2.54 bits per heavy atom. The number of ether oxygens (including phenoxy) is 1. The molecule has 1 aromatic rings. The molecule has 1 aromatic heterocycles. The van der Waals surface area contributed by atoms with Gasteiger partial charge in [-0.15, -0.1) is 0 Å². The van der Waals surface area contributed by atoms with E-state index in [1.54, 1.807) is 10.9 Å². The van der Waals surface area contributed by atoms with Crippen LogP contribution >= 0.6 is 0 Å². The van der Waals surface area contributed by atoms with Crippen molar-refractivity contribution in [1.29, 1.82) is 0 Å². The Bertz CT molecular complexity index is 259. The second-order valence-corrected chi connectivity index (χ2v) is 3.27. The molecule has 1 aliphatic rings. The van der Waals surface area contributed by atoms with Gasteiger partial charge in [-0.05, 0) is 13.0 Å². The maximum absolute atomic E-state index is 9.54. The Labute approximate surface area is 77.1 Å². The minimum Gasteiger partial charge on any atom is -0.391 e. The van der Waals surface area contributed by atoms with Gasteiger partial charge in [-0.25, -0.2) is 0 Å². The van der Waals surface area contributed by atoms with Crippen molar-refractivity contribution in [2.24, 2.45) is 0 Å². The Hall–Kier alpha value is -0.870. The zero-order valence-corrected chi connectivity index (χ0v) is 7.63. The monoisotopic (exact) mass is 182 g/mol.